The number of halogens is 5. The number of sulfonamides is 2. The summed E-state index contributed by atoms with van der Waals surface area (Å²) < 4.78 is 126. The number of ketones is 2. The zero-order valence-corrected chi connectivity index (χ0v) is 31.9. The van der Waals surface area contributed by atoms with Crippen LogP contribution in [0, 0.1) is 11.6 Å². The Morgan fingerprint density at radius 2 is 1.04 bits per heavy atom. The molecule has 3 N–H and O–H groups in total. The van der Waals surface area contributed by atoms with E-state index in [0.29, 0.717) is 17.2 Å². The van der Waals surface area contributed by atoms with Crippen LogP contribution < -0.4 is 29.1 Å². The summed E-state index contributed by atoms with van der Waals surface area (Å²) in [5.74, 6) is -4.16. The summed E-state index contributed by atoms with van der Waals surface area (Å²) in [5, 5.41) is 1.40. The molecule has 4 rings (SSSR count). The number of carbonyl (C=O) groups is 3. The number of hydrogen-bond donors (Lipinski definition) is 2. The van der Waals surface area contributed by atoms with Crippen LogP contribution >= 0.6 is 0 Å². The lowest BCUT2D eigenvalue weighted by atomic mass is 10.1. The van der Waals surface area contributed by atoms with Crippen molar-refractivity contribution in [1.29, 1.82) is 0 Å². The molecule has 0 aromatic heterocycles. The largest absolute Gasteiger partial charge is 0.497 e. The van der Waals surface area contributed by atoms with E-state index in [0.717, 1.165) is 45.4 Å². The summed E-state index contributed by atoms with van der Waals surface area (Å²) in [5.41, 5.74) is 5.84. The highest BCUT2D eigenvalue weighted by Gasteiger charge is 2.38. The number of carbonyl (C=O) groups excluding carboxylic acids is 3. The number of nitrogens with one attached hydrogen (secondary N) is 1. The molecule has 0 fully saturated rings. The zero-order valence-electron chi connectivity index (χ0n) is 30.3. The standard InChI is InChI=1S/C19H18F4N2O5S.C17H19FN2O4S/c1-30-15-7-5-14(6-8-15)25(31(2,28)29)11-13-4-3-12(9-16(13)20)17(26)10-24-18(27)19(21,22)23;1-24-15-7-5-14(6-8-15)20(25(2,22)23)11-13-4-3-12(9-16(13)18)17(21)10-19/h3-9H,10-11H2,1-2H3,(H,24,27);3-9H,10-11,19H2,1-2H3. The highest BCUT2D eigenvalue weighted by molar-refractivity contribution is 7.92. The molecule has 0 aliphatic heterocycles. The van der Waals surface area contributed by atoms with Gasteiger partial charge < -0.3 is 20.5 Å². The van der Waals surface area contributed by atoms with E-state index in [-0.39, 0.29) is 46.8 Å². The first kappa shape index (κ1) is 44.8. The Morgan fingerprint density at radius 3 is 1.34 bits per heavy atom. The van der Waals surface area contributed by atoms with Crippen molar-refractivity contribution in [2.45, 2.75) is 19.3 Å². The molecule has 1 amide bonds. The van der Waals surface area contributed by atoms with E-state index in [4.69, 9.17) is 15.2 Å². The first-order valence-corrected chi connectivity index (χ1v) is 19.7. The molecule has 20 heteroatoms. The van der Waals surface area contributed by atoms with Crippen LogP contribution in [-0.2, 0) is 37.9 Å². The van der Waals surface area contributed by atoms with Gasteiger partial charge in [0.15, 0.2) is 11.6 Å². The fourth-order valence-corrected chi connectivity index (χ4v) is 6.54. The quantitative estimate of drug-likeness (QED) is 0.127. The van der Waals surface area contributed by atoms with Gasteiger partial charge >= 0.3 is 12.1 Å². The van der Waals surface area contributed by atoms with Gasteiger partial charge in [-0.1, -0.05) is 24.3 Å². The molecule has 302 valence electrons. The summed E-state index contributed by atoms with van der Waals surface area (Å²) in [6.45, 7) is -1.79. The van der Waals surface area contributed by atoms with Gasteiger partial charge in [-0.15, -0.1) is 0 Å². The van der Waals surface area contributed by atoms with Crippen LogP contribution in [0.2, 0.25) is 0 Å². The van der Waals surface area contributed by atoms with Gasteiger partial charge in [0.25, 0.3) is 0 Å². The fourth-order valence-electron chi connectivity index (χ4n) is 4.79. The summed E-state index contributed by atoms with van der Waals surface area (Å²) in [6, 6.07) is 19.3. The average molecular weight is 829 g/mol. The molecule has 0 unspecified atom stereocenters. The molecule has 0 aliphatic rings. The third-order valence-corrected chi connectivity index (χ3v) is 10.0. The van der Waals surface area contributed by atoms with E-state index in [9.17, 15) is 53.2 Å². The number of nitrogens with two attached hydrogens (primary N) is 1. The van der Waals surface area contributed by atoms with Gasteiger partial charge in [0.05, 0.1) is 64.3 Å². The summed E-state index contributed by atoms with van der Waals surface area (Å²) in [7, 11) is -4.51. The monoisotopic (exact) mass is 828 g/mol. The minimum Gasteiger partial charge on any atom is -0.497 e. The number of alkyl halides is 3. The summed E-state index contributed by atoms with van der Waals surface area (Å²) in [4.78, 5) is 34.2. The van der Waals surface area contributed by atoms with E-state index in [1.165, 1.54) is 55.9 Å². The van der Waals surface area contributed by atoms with Crippen molar-refractivity contribution in [3.63, 3.8) is 0 Å². The predicted molar refractivity (Wildman–Crippen MR) is 198 cm³/mol. The molecule has 0 atom stereocenters. The summed E-state index contributed by atoms with van der Waals surface area (Å²) >= 11 is 0. The molecule has 0 saturated carbocycles. The van der Waals surface area contributed by atoms with Crippen LogP contribution in [0.4, 0.5) is 33.3 Å². The Morgan fingerprint density at radius 1 is 0.661 bits per heavy atom. The molecule has 0 heterocycles. The van der Waals surface area contributed by atoms with E-state index >= 15 is 0 Å². The molecule has 13 nitrogen and oxygen atoms in total. The molecule has 0 spiro atoms. The highest BCUT2D eigenvalue weighted by atomic mass is 32.2. The Bertz CT molecular complexity index is 2260. The van der Waals surface area contributed by atoms with Gasteiger partial charge in [0.1, 0.15) is 23.1 Å². The van der Waals surface area contributed by atoms with Crippen molar-refractivity contribution in [1.82, 2.24) is 5.32 Å². The van der Waals surface area contributed by atoms with Crippen LogP contribution in [-0.4, -0.2) is 80.3 Å². The van der Waals surface area contributed by atoms with Crippen molar-refractivity contribution in [3.8, 4) is 11.5 Å². The second kappa shape index (κ2) is 18.8. The Balaban J connectivity index is 0.000000307. The molecule has 56 heavy (non-hydrogen) atoms. The van der Waals surface area contributed by atoms with Crippen LogP contribution in [0.1, 0.15) is 31.8 Å². The van der Waals surface area contributed by atoms with Gasteiger partial charge in [-0.2, -0.15) is 13.2 Å². The SMILES string of the molecule is COc1ccc(N(Cc2ccc(C(=O)CN)cc2F)S(C)(=O)=O)cc1.COc1ccc(N(Cc2ccc(C(=O)CNC(=O)C(F)(F)F)cc2F)S(C)(=O)=O)cc1. The van der Waals surface area contributed by atoms with Crippen molar-refractivity contribution in [3.05, 3.63) is 119 Å². The Labute approximate surface area is 319 Å². The van der Waals surface area contributed by atoms with Gasteiger partial charge in [0, 0.05) is 22.3 Å². The number of nitrogens with zero attached hydrogens (tertiary/aromatic N) is 2. The maximum absolute atomic E-state index is 14.5. The van der Waals surface area contributed by atoms with Gasteiger partial charge in [-0.25, -0.2) is 25.6 Å². The van der Waals surface area contributed by atoms with Crippen LogP contribution in [0.25, 0.3) is 0 Å². The molecular weight excluding hydrogens is 792 g/mol. The van der Waals surface area contributed by atoms with Gasteiger partial charge in [0.2, 0.25) is 20.0 Å². The molecule has 0 saturated heterocycles. The number of benzene rings is 4. The second-order valence-corrected chi connectivity index (χ2v) is 15.6. The van der Waals surface area contributed by atoms with Crippen LogP contribution in [0.5, 0.6) is 11.5 Å². The first-order valence-electron chi connectivity index (χ1n) is 16.0. The van der Waals surface area contributed by atoms with Gasteiger partial charge in [-0.3, -0.25) is 23.0 Å². The molecule has 0 bridgehead atoms. The Kier molecular flexibility index (Phi) is 15.1. The third-order valence-electron chi connectivity index (χ3n) is 7.75. The van der Waals surface area contributed by atoms with Crippen molar-refractivity contribution >= 4 is 48.9 Å². The topological polar surface area (TPSA) is 182 Å². The zero-order chi connectivity index (χ0) is 42.0. The number of methoxy groups -OCH3 is 2. The Hall–Kier alpha value is -5.60. The lowest BCUT2D eigenvalue weighted by Gasteiger charge is -2.23. The first-order chi connectivity index (χ1) is 26.1. The lowest BCUT2D eigenvalue weighted by Crippen LogP contribution is -2.39. The fraction of sp³-hybridized carbons (Fsp3) is 0.250. The number of anilines is 2. The number of rotatable bonds is 15. The normalized spacial score (nSPS) is 11.5. The lowest BCUT2D eigenvalue weighted by molar-refractivity contribution is -0.173. The second-order valence-electron chi connectivity index (χ2n) is 11.8. The number of ether oxygens (including phenoxy) is 2. The van der Waals surface area contributed by atoms with E-state index in [1.54, 1.807) is 24.3 Å². The smallest absolute Gasteiger partial charge is 0.471 e. The summed E-state index contributed by atoms with van der Waals surface area (Å²) in [6.07, 6.45) is -3.16. The maximum Gasteiger partial charge on any atom is 0.471 e. The van der Waals surface area contributed by atoms with E-state index in [2.05, 4.69) is 0 Å². The molecular formula is C36H37F5N4O9S2. The number of Topliss-reactive ketones (excluding diaryl/α,β-unsaturated/α-hetero) is 2. The molecule has 4 aromatic rings. The average Bonchev–Trinajstić information content (AvgIpc) is 3.14. The highest BCUT2D eigenvalue weighted by Crippen LogP contribution is 2.26. The van der Waals surface area contributed by atoms with Gasteiger partial charge in [-0.05, 0) is 60.7 Å². The maximum atomic E-state index is 14.5. The minimum absolute atomic E-state index is 0.0721. The third kappa shape index (κ3) is 12.5. The van der Waals surface area contributed by atoms with Crippen LogP contribution in [0.15, 0.2) is 84.9 Å². The predicted octanol–water partition coefficient (Wildman–Crippen LogP) is 4.60. The van der Waals surface area contributed by atoms with E-state index in [1.807, 2.05) is 0 Å². The van der Waals surface area contributed by atoms with Crippen molar-refractivity contribution in [2.24, 2.45) is 5.73 Å². The van der Waals surface area contributed by atoms with Crippen molar-refractivity contribution < 1.29 is 62.6 Å². The van der Waals surface area contributed by atoms with Crippen molar-refractivity contribution in [2.75, 3.05) is 48.4 Å². The molecule has 0 radical (unpaired) electrons. The van der Waals surface area contributed by atoms with E-state index < -0.39 is 62.6 Å². The number of hydrogen-bond acceptors (Lipinski definition) is 10. The molecule has 0 aliphatic carbocycles. The number of amides is 1. The van der Waals surface area contributed by atoms with Crippen LogP contribution in [0.3, 0.4) is 0 Å². The minimum atomic E-state index is -5.15. The molecule has 4 aromatic carbocycles.